The molecule has 4 nitrogen and oxygen atoms in total. The standard InChI is InChI=1S/C21H19ClFNO3/c22-16-7-5-15(6-8-16)21(9-13(10-21)11-23)20(27)24-12-14-3-1-2-4-17(14)18(24)19(25)26/h1-8,13,18H,9-12H2,(H,25,26)/t13?,18-,21?/m0/s1. The summed E-state index contributed by atoms with van der Waals surface area (Å²) in [6, 6.07) is 13.2. The molecule has 4 rings (SSSR count). The van der Waals surface area contributed by atoms with E-state index in [1.165, 1.54) is 4.90 Å². The number of amides is 1. The number of alkyl halides is 1. The Labute approximate surface area is 161 Å². The second-order valence-corrected chi connectivity index (χ2v) is 7.83. The summed E-state index contributed by atoms with van der Waals surface area (Å²) in [5.74, 6) is -1.49. The number of benzene rings is 2. The van der Waals surface area contributed by atoms with Crippen molar-refractivity contribution in [3.63, 3.8) is 0 Å². The number of nitrogens with zero attached hydrogens (tertiary/aromatic N) is 1. The van der Waals surface area contributed by atoms with Crippen molar-refractivity contribution in [1.82, 2.24) is 4.90 Å². The van der Waals surface area contributed by atoms with E-state index in [4.69, 9.17) is 11.6 Å². The van der Waals surface area contributed by atoms with Crippen molar-refractivity contribution in [2.24, 2.45) is 5.92 Å². The van der Waals surface area contributed by atoms with Crippen LogP contribution in [0, 0.1) is 5.92 Å². The fourth-order valence-electron chi connectivity index (χ4n) is 4.46. The molecule has 1 atom stereocenters. The predicted octanol–water partition coefficient (Wildman–Crippen LogP) is 4.13. The van der Waals surface area contributed by atoms with Crippen LogP contribution < -0.4 is 0 Å². The molecular formula is C21H19ClFNO3. The first kappa shape index (κ1) is 18.0. The zero-order chi connectivity index (χ0) is 19.2. The van der Waals surface area contributed by atoms with Crippen LogP contribution in [0.15, 0.2) is 48.5 Å². The molecule has 2 aliphatic rings. The lowest BCUT2D eigenvalue weighted by Crippen LogP contribution is -2.55. The molecule has 0 unspecified atom stereocenters. The Kier molecular flexibility index (Phi) is 4.42. The predicted molar refractivity (Wildman–Crippen MR) is 99.2 cm³/mol. The van der Waals surface area contributed by atoms with Gasteiger partial charge in [-0.05, 0) is 47.6 Å². The summed E-state index contributed by atoms with van der Waals surface area (Å²) in [6.07, 6.45) is 0.756. The molecule has 140 valence electrons. The Morgan fingerprint density at radius 1 is 1.15 bits per heavy atom. The maximum absolute atomic E-state index is 13.6. The molecule has 0 spiro atoms. The summed E-state index contributed by atoms with van der Waals surface area (Å²) in [5.41, 5.74) is 1.36. The van der Waals surface area contributed by atoms with E-state index in [2.05, 4.69) is 0 Å². The number of fused-ring (bicyclic) bond motifs is 1. The second kappa shape index (κ2) is 6.64. The average molecular weight is 388 g/mol. The van der Waals surface area contributed by atoms with Gasteiger partial charge in [-0.3, -0.25) is 9.18 Å². The van der Waals surface area contributed by atoms with Crippen LogP contribution in [0.2, 0.25) is 5.02 Å². The molecule has 0 aromatic heterocycles. The number of rotatable bonds is 4. The largest absolute Gasteiger partial charge is 0.479 e. The van der Waals surface area contributed by atoms with E-state index in [1.807, 2.05) is 12.1 Å². The van der Waals surface area contributed by atoms with Crippen molar-refractivity contribution in [3.05, 3.63) is 70.2 Å². The van der Waals surface area contributed by atoms with Crippen LogP contribution in [0.25, 0.3) is 0 Å². The van der Waals surface area contributed by atoms with E-state index in [0.29, 0.717) is 23.4 Å². The van der Waals surface area contributed by atoms with Gasteiger partial charge in [0.2, 0.25) is 5.91 Å². The van der Waals surface area contributed by atoms with Crippen LogP contribution in [0.4, 0.5) is 4.39 Å². The van der Waals surface area contributed by atoms with Gasteiger partial charge in [0.15, 0.2) is 6.04 Å². The number of hydrogen-bond donors (Lipinski definition) is 1. The third-order valence-corrected chi connectivity index (χ3v) is 6.05. The highest BCUT2D eigenvalue weighted by molar-refractivity contribution is 6.30. The lowest BCUT2D eigenvalue weighted by Gasteiger charge is -2.48. The second-order valence-electron chi connectivity index (χ2n) is 7.39. The van der Waals surface area contributed by atoms with Gasteiger partial charge in [-0.15, -0.1) is 0 Å². The minimum atomic E-state index is -1.05. The van der Waals surface area contributed by atoms with Gasteiger partial charge in [0.05, 0.1) is 12.1 Å². The maximum Gasteiger partial charge on any atom is 0.331 e. The molecule has 1 aliphatic heterocycles. The number of aliphatic carboxylic acids is 1. The van der Waals surface area contributed by atoms with E-state index in [0.717, 1.165) is 11.1 Å². The van der Waals surface area contributed by atoms with Crippen molar-refractivity contribution in [2.45, 2.75) is 30.8 Å². The van der Waals surface area contributed by atoms with Gasteiger partial charge in [-0.25, -0.2) is 4.79 Å². The molecule has 2 aromatic carbocycles. The first-order valence-electron chi connectivity index (χ1n) is 8.90. The lowest BCUT2D eigenvalue weighted by atomic mass is 9.58. The van der Waals surface area contributed by atoms with Crippen LogP contribution in [-0.4, -0.2) is 28.6 Å². The fourth-order valence-corrected chi connectivity index (χ4v) is 4.58. The van der Waals surface area contributed by atoms with E-state index in [-0.39, 0.29) is 18.4 Å². The van der Waals surface area contributed by atoms with Crippen LogP contribution in [-0.2, 0) is 21.5 Å². The lowest BCUT2D eigenvalue weighted by molar-refractivity contribution is -0.156. The molecule has 1 N–H and O–H groups in total. The summed E-state index contributed by atoms with van der Waals surface area (Å²) in [5, 5.41) is 10.3. The number of carbonyl (C=O) groups excluding carboxylic acids is 1. The normalized spacial score (nSPS) is 26.4. The highest BCUT2D eigenvalue weighted by Crippen LogP contribution is 2.51. The van der Waals surface area contributed by atoms with Gasteiger partial charge in [0, 0.05) is 11.6 Å². The molecule has 0 saturated heterocycles. The molecule has 1 saturated carbocycles. The summed E-state index contributed by atoms with van der Waals surface area (Å²) < 4.78 is 13.2. The van der Waals surface area contributed by atoms with Crippen LogP contribution in [0.1, 0.15) is 35.6 Å². The van der Waals surface area contributed by atoms with Crippen molar-refractivity contribution in [3.8, 4) is 0 Å². The molecule has 1 amide bonds. The molecule has 0 radical (unpaired) electrons. The van der Waals surface area contributed by atoms with Crippen molar-refractivity contribution in [1.29, 1.82) is 0 Å². The van der Waals surface area contributed by atoms with Crippen molar-refractivity contribution < 1.29 is 19.1 Å². The SMILES string of the molecule is O=C(O)[C@@H]1c2ccccc2CN1C(=O)C1(c2ccc(Cl)cc2)CC(CF)C1. The number of carbonyl (C=O) groups is 2. The van der Waals surface area contributed by atoms with E-state index in [9.17, 15) is 19.1 Å². The third kappa shape index (κ3) is 2.81. The van der Waals surface area contributed by atoms with Crippen LogP contribution in [0.3, 0.4) is 0 Å². The Hall–Kier alpha value is -2.40. The van der Waals surface area contributed by atoms with Gasteiger partial charge in [-0.2, -0.15) is 0 Å². The van der Waals surface area contributed by atoms with Gasteiger partial charge >= 0.3 is 5.97 Å². The summed E-state index contributed by atoms with van der Waals surface area (Å²) in [7, 11) is 0. The zero-order valence-electron chi connectivity index (χ0n) is 14.6. The van der Waals surface area contributed by atoms with Crippen LogP contribution in [0.5, 0.6) is 0 Å². The fraction of sp³-hybridized carbons (Fsp3) is 0.333. The van der Waals surface area contributed by atoms with Gasteiger partial charge in [-0.1, -0.05) is 48.0 Å². The monoisotopic (exact) mass is 387 g/mol. The van der Waals surface area contributed by atoms with Crippen molar-refractivity contribution >= 4 is 23.5 Å². The van der Waals surface area contributed by atoms with Gasteiger partial charge in [0.25, 0.3) is 0 Å². The Morgan fingerprint density at radius 3 is 2.44 bits per heavy atom. The van der Waals surface area contributed by atoms with E-state index >= 15 is 0 Å². The molecule has 2 aromatic rings. The first-order chi connectivity index (χ1) is 13.0. The average Bonchev–Trinajstić information content (AvgIpc) is 3.02. The zero-order valence-corrected chi connectivity index (χ0v) is 15.3. The molecule has 0 bridgehead atoms. The maximum atomic E-state index is 13.6. The molecule has 1 fully saturated rings. The molecule has 27 heavy (non-hydrogen) atoms. The Bertz CT molecular complexity index is 893. The smallest absolute Gasteiger partial charge is 0.331 e. The highest BCUT2D eigenvalue weighted by Gasteiger charge is 2.55. The quantitative estimate of drug-likeness (QED) is 0.858. The Balaban J connectivity index is 1.72. The molecule has 1 aliphatic carbocycles. The minimum Gasteiger partial charge on any atom is -0.479 e. The van der Waals surface area contributed by atoms with E-state index in [1.54, 1.807) is 36.4 Å². The third-order valence-electron chi connectivity index (χ3n) is 5.80. The number of halogens is 2. The van der Waals surface area contributed by atoms with Crippen molar-refractivity contribution in [2.75, 3.05) is 6.67 Å². The number of carboxylic acids is 1. The molecular weight excluding hydrogens is 369 g/mol. The number of carboxylic acid groups (broad SMARTS) is 1. The summed E-state index contributed by atoms with van der Waals surface area (Å²) >= 11 is 5.98. The molecule has 6 heteroatoms. The minimum absolute atomic E-state index is 0.183. The Morgan fingerprint density at radius 2 is 1.81 bits per heavy atom. The highest BCUT2D eigenvalue weighted by atomic mass is 35.5. The topological polar surface area (TPSA) is 57.6 Å². The summed E-state index contributed by atoms with van der Waals surface area (Å²) in [6.45, 7) is -0.229. The first-order valence-corrected chi connectivity index (χ1v) is 9.28. The summed E-state index contributed by atoms with van der Waals surface area (Å²) in [4.78, 5) is 27.0. The molecule has 1 heterocycles. The van der Waals surface area contributed by atoms with Crippen LogP contribution >= 0.6 is 11.6 Å². The van der Waals surface area contributed by atoms with Gasteiger partial charge < -0.3 is 10.0 Å². The van der Waals surface area contributed by atoms with Gasteiger partial charge in [0.1, 0.15) is 0 Å². The van der Waals surface area contributed by atoms with E-state index < -0.39 is 24.1 Å². The number of hydrogen-bond acceptors (Lipinski definition) is 2.